The molecule has 0 atom stereocenters. The van der Waals surface area contributed by atoms with E-state index in [1.807, 2.05) is 0 Å². The van der Waals surface area contributed by atoms with Crippen LogP contribution in [0.25, 0.3) is 22.3 Å². The summed E-state index contributed by atoms with van der Waals surface area (Å²) in [6.07, 6.45) is 0. The molecule has 1 nitrogen and oxygen atoms in total. The number of hydrogen-bond donors (Lipinski definition) is 0. The van der Waals surface area contributed by atoms with Crippen molar-refractivity contribution in [1.82, 2.24) is 0 Å². The van der Waals surface area contributed by atoms with Crippen molar-refractivity contribution in [1.29, 1.82) is 0 Å². The molecule has 0 fully saturated rings. The quantitative estimate of drug-likeness (QED) is 0.435. The van der Waals surface area contributed by atoms with E-state index in [2.05, 4.69) is 0 Å². The lowest BCUT2D eigenvalue weighted by atomic mass is 10.1. The minimum atomic E-state index is -4.43. The predicted molar refractivity (Wildman–Crippen MR) is 73.5 cm³/mol. The summed E-state index contributed by atoms with van der Waals surface area (Å²) in [6.45, 7) is 0. The maximum absolute atomic E-state index is 13.0. The van der Waals surface area contributed by atoms with Gasteiger partial charge in [-0.05, 0) is 48.2 Å². The van der Waals surface area contributed by atoms with Gasteiger partial charge in [-0.1, -0.05) is 12.1 Å². The summed E-state index contributed by atoms with van der Waals surface area (Å²) in [6, 6.07) is 11.7. The molecule has 0 radical (unpaired) electrons. The third-order valence-corrected chi connectivity index (χ3v) is 3.72. The van der Waals surface area contributed by atoms with E-state index in [-0.39, 0.29) is 22.4 Å². The molecule has 0 saturated heterocycles. The highest BCUT2D eigenvalue weighted by atomic mass is 32.2. The molecule has 6 heteroatoms. The van der Waals surface area contributed by atoms with Crippen LogP contribution in [0.15, 0.2) is 57.8 Å². The third kappa shape index (κ3) is 2.90. The van der Waals surface area contributed by atoms with Crippen LogP contribution in [0, 0.1) is 5.82 Å². The summed E-state index contributed by atoms with van der Waals surface area (Å²) in [7, 11) is 0. The standard InChI is InChI=1S/C15H8F4OS/c16-10-7-5-9(6-8-10)13-14(21-15(17,18)19)11-3-1-2-4-12(11)20-13/h1-8H. The predicted octanol–water partition coefficient (Wildman–Crippen LogP) is 5.85. The topological polar surface area (TPSA) is 13.1 Å². The molecule has 0 aliphatic carbocycles. The lowest BCUT2D eigenvalue weighted by Gasteiger charge is -2.06. The fourth-order valence-electron chi connectivity index (χ4n) is 2.03. The normalized spacial score (nSPS) is 12.0. The maximum Gasteiger partial charge on any atom is 0.446 e. The van der Waals surface area contributed by atoms with E-state index in [9.17, 15) is 17.6 Å². The van der Waals surface area contributed by atoms with Gasteiger partial charge in [0.15, 0.2) is 0 Å². The van der Waals surface area contributed by atoms with Gasteiger partial charge in [-0.15, -0.1) is 0 Å². The van der Waals surface area contributed by atoms with E-state index >= 15 is 0 Å². The summed E-state index contributed by atoms with van der Waals surface area (Å²) < 4.78 is 56.8. The van der Waals surface area contributed by atoms with Crippen molar-refractivity contribution in [2.24, 2.45) is 0 Å². The Balaban J connectivity index is 2.21. The first-order valence-electron chi connectivity index (χ1n) is 5.97. The SMILES string of the molecule is Fc1ccc(-c2oc3ccccc3c2SC(F)(F)F)cc1. The second-order valence-corrected chi connectivity index (χ2v) is 5.39. The molecule has 0 aliphatic rings. The van der Waals surface area contributed by atoms with Gasteiger partial charge < -0.3 is 4.42 Å². The van der Waals surface area contributed by atoms with Crippen LogP contribution in [0.1, 0.15) is 0 Å². The highest BCUT2D eigenvalue weighted by Crippen LogP contribution is 2.46. The van der Waals surface area contributed by atoms with E-state index in [4.69, 9.17) is 4.42 Å². The van der Waals surface area contributed by atoms with Gasteiger partial charge in [-0.2, -0.15) is 13.2 Å². The number of para-hydroxylation sites is 1. The van der Waals surface area contributed by atoms with Crippen molar-refractivity contribution >= 4 is 22.7 Å². The second-order valence-electron chi connectivity index (χ2n) is 4.31. The first-order chi connectivity index (χ1) is 9.94. The van der Waals surface area contributed by atoms with Crippen LogP contribution >= 0.6 is 11.8 Å². The van der Waals surface area contributed by atoms with E-state index in [1.165, 1.54) is 24.3 Å². The van der Waals surface area contributed by atoms with Gasteiger partial charge in [-0.3, -0.25) is 0 Å². The first-order valence-corrected chi connectivity index (χ1v) is 6.79. The first kappa shape index (κ1) is 14.0. The molecular formula is C15H8F4OS. The van der Waals surface area contributed by atoms with E-state index in [1.54, 1.807) is 24.3 Å². The summed E-state index contributed by atoms with van der Waals surface area (Å²) >= 11 is -0.225. The van der Waals surface area contributed by atoms with E-state index < -0.39 is 11.3 Å². The minimum Gasteiger partial charge on any atom is -0.455 e. The van der Waals surface area contributed by atoms with Gasteiger partial charge in [0.1, 0.15) is 17.2 Å². The van der Waals surface area contributed by atoms with Crippen LogP contribution < -0.4 is 0 Å². The van der Waals surface area contributed by atoms with E-state index in [0.29, 0.717) is 16.5 Å². The van der Waals surface area contributed by atoms with Crippen molar-refractivity contribution in [3.05, 3.63) is 54.3 Å². The molecule has 21 heavy (non-hydrogen) atoms. The van der Waals surface area contributed by atoms with Gasteiger partial charge in [0.05, 0.1) is 4.90 Å². The average Bonchev–Trinajstić information content (AvgIpc) is 2.77. The van der Waals surface area contributed by atoms with Gasteiger partial charge in [0.25, 0.3) is 0 Å². The molecule has 2 aromatic carbocycles. The fraction of sp³-hybridized carbons (Fsp3) is 0.0667. The van der Waals surface area contributed by atoms with Crippen molar-refractivity contribution in [3.8, 4) is 11.3 Å². The van der Waals surface area contributed by atoms with Crippen LogP contribution in [0.3, 0.4) is 0 Å². The highest BCUT2D eigenvalue weighted by Gasteiger charge is 2.33. The summed E-state index contributed by atoms with van der Waals surface area (Å²) in [5, 5.41) is 0.388. The van der Waals surface area contributed by atoms with Gasteiger partial charge in [-0.25, -0.2) is 4.39 Å². The Kier molecular flexibility index (Phi) is 3.41. The zero-order chi connectivity index (χ0) is 15.0. The summed E-state index contributed by atoms with van der Waals surface area (Å²) in [4.78, 5) is -0.00953. The molecule has 3 aromatic rings. The van der Waals surface area contributed by atoms with Crippen LogP contribution in [0.2, 0.25) is 0 Å². The van der Waals surface area contributed by atoms with Crippen LogP contribution in [-0.4, -0.2) is 5.51 Å². The Morgan fingerprint density at radius 3 is 2.24 bits per heavy atom. The number of rotatable bonds is 2. The number of benzene rings is 2. The molecule has 0 saturated carbocycles. The Hall–Kier alpha value is -1.95. The molecule has 0 spiro atoms. The molecule has 1 aromatic heterocycles. The van der Waals surface area contributed by atoms with Gasteiger partial charge in [0.2, 0.25) is 0 Å². The molecule has 0 unspecified atom stereocenters. The molecule has 3 rings (SSSR count). The Bertz CT molecular complexity index is 774. The largest absolute Gasteiger partial charge is 0.455 e. The molecule has 0 aliphatic heterocycles. The van der Waals surface area contributed by atoms with Gasteiger partial charge in [0, 0.05) is 10.9 Å². The lowest BCUT2D eigenvalue weighted by molar-refractivity contribution is -0.0327. The van der Waals surface area contributed by atoms with Gasteiger partial charge >= 0.3 is 5.51 Å². The smallest absolute Gasteiger partial charge is 0.446 e. The van der Waals surface area contributed by atoms with Crippen molar-refractivity contribution < 1.29 is 22.0 Å². The van der Waals surface area contributed by atoms with Crippen molar-refractivity contribution in [3.63, 3.8) is 0 Å². The Morgan fingerprint density at radius 1 is 0.905 bits per heavy atom. The highest BCUT2D eigenvalue weighted by molar-refractivity contribution is 8.00. The van der Waals surface area contributed by atoms with E-state index in [0.717, 1.165) is 0 Å². The average molecular weight is 312 g/mol. The van der Waals surface area contributed by atoms with Crippen LogP contribution in [-0.2, 0) is 0 Å². The molecule has 108 valence electrons. The minimum absolute atomic E-state index is 0.00953. The molecule has 0 N–H and O–H groups in total. The summed E-state index contributed by atoms with van der Waals surface area (Å²) in [5.74, 6) is -0.363. The number of fused-ring (bicyclic) bond motifs is 1. The van der Waals surface area contributed by atoms with Crippen molar-refractivity contribution in [2.45, 2.75) is 10.4 Å². The fourth-order valence-corrected chi connectivity index (χ4v) is 2.79. The number of furan rings is 1. The second kappa shape index (κ2) is 5.11. The van der Waals surface area contributed by atoms with Crippen LogP contribution in [0.4, 0.5) is 17.6 Å². The lowest BCUT2D eigenvalue weighted by Crippen LogP contribution is -1.99. The number of halogens is 4. The molecule has 1 heterocycles. The number of alkyl halides is 3. The van der Waals surface area contributed by atoms with Crippen LogP contribution in [0.5, 0.6) is 0 Å². The zero-order valence-corrected chi connectivity index (χ0v) is 11.3. The maximum atomic E-state index is 13.0. The molecular weight excluding hydrogens is 304 g/mol. The molecule has 0 bridgehead atoms. The zero-order valence-electron chi connectivity index (χ0n) is 10.4. The monoisotopic (exact) mass is 312 g/mol. The summed E-state index contributed by atoms with van der Waals surface area (Å²) in [5.41, 5.74) is -3.66. The molecule has 0 amide bonds. The van der Waals surface area contributed by atoms with Crippen molar-refractivity contribution in [2.75, 3.05) is 0 Å². The number of thioether (sulfide) groups is 1. The third-order valence-electron chi connectivity index (χ3n) is 2.87. The number of hydrogen-bond acceptors (Lipinski definition) is 2. The Labute approximate surface area is 121 Å². The Morgan fingerprint density at radius 2 is 1.57 bits per heavy atom.